The molecule has 0 radical (unpaired) electrons. The summed E-state index contributed by atoms with van der Waals surface area (Å²) >= 11 is 1.42. The maximum atomic E-state index is 12.4. The number of imidazole rings is 1. The number of rotatable bonds is 2. The van der Waals surface area contributed by atoms with Crippen LogP contribution in [0.5, 0.6) is 0 Å². The van der Waals surface area contributed by atoms with Crippen molar-refractivity contribution in [3.8, 4) is 0 Å². The first-order valence-electron chi connectivity index (χ1n) is 7.69. The van der Waals surface area contributed by atoms with Crippen LogP contribution < -0.4 is 11.1 Å². The number of thiazole rings is 1. The molecule has 0 aliphatic heterocycles. The Bertz CT molecular complexity index is 844. The Morgan fingerprint density at radius 3 is 2.95 bits per heavy atom. The predicted octanol–water partition coefficient (Wildman–Crippen LogP) is 3.19. The number of carbonyl (C=O) groups is 1. The Hall–Kier alpha value is -2.08. The average molecular weight is 314 g/mol. The number of benzene rings is 1. The van der Waals surface area contributed by atoms with Crippen molar-refractivity contribution in [1.29, 1.82) is 0 Å². The normalized spacial score (nSPS) is 16.4. The van der Waals surface area contributed by atoms with Gasteiger partial charge in [-0.15, -0.1) is 0 Å². The number of amides is 1. The lowest BCUT2D eigenvalue weighted by Crippen LogP contribution is -2.35. The molecule has 22 heavy (non-hydrogen) atoms. The zero-order chi connectivity index (χ0) is 15.1. The first-order valence-corrected chi connectivity index (χ1v) is 8.50. The van der Waals surface area contributed by atoms with Gasteiger partial charge in [0.25, 0.3) is 5.91 Å². The molecule has 1 aliphatic rings. The molecule has 0 bridgehead atoms. The maximum Gasteiger partial charge on any atom is 0.263 e. The van der Waals surface area contributed by atoms with Crippen LogP contribution in [0.2, 0.25) is 0 Å². The number of nitrogen functional groups attached to an aromatic ring is 1. The number of hydrogen-bond donors (Lipinski definition) is 2. The van der Waals surface area contributed by atoms with Crippen molar-refractivity contribution in [2.24, 2.45) is 0 Å². The monoisotopic (exact) mass is 314 g/mol. The van der Waals surface area contributed by atoms with Crippen molar-refractivity contribution in [3.63, 3.8) is 0 Å². The summed E-state index contributed by atoms with van der Waals surface area (Å²) < 4.78 is 1.95. The Morgan fingerprint density at radius 1 is 1.32 bits per heavy atom. The van der Waals surface area contributed by atoms with Crippen molar-refractivity contribution >= 4 is 38.9 Å². The van der Waals surface area contributed by atoms with E-state index in [1.54, 1.807) is 0 Å². The van der Waals surface area contributed by atoms with E-state index in [4.69, 9.17) is 5.73 Å². The highest BCUT2D eigenvalue weighted by Crippen LogP contribution is 2.26. The number of fused-ring (bicyclic) bond motifs is 3. The minimum absolute atomic E-state index is 0.0134. The summed E-state index contributed by atoms with van der Waals surface area (Å²) in [7, 11) is 0. The van der Waals surface area contributed by atoms with E-state index in [2.05, 4.69) is 10.3 Å². The van der Waals surface area contributed by atoms with E-state index in [0.29, 0.717) is 16.6 Å². The molecule has 2 aromatic heterocycles. The van der Waals surface area contributed by atoms with Crippen LogP contribution in [-0.2, 0) is 0 Å². The topological polar surface area (TPSA) is 72.4 Å². The van der Waals surface area contributed by atoms with E-state index >= 15 is 0 Å². The molecule has 1 saturated carbocycles. The molecule has 1 aromatic carbocycles. The quantitative estimate of drug-likeness (QED) is 0.714. The molecule has 1 fully saturated rings. The molecule has 2 heterocycles. The van der Waals surface area contributed by atoms with Crippen molar-refractivity contribution in [3.05, 3.63) is 29.3 Å². The van der Waals surface area contributed by atoms with Gasteiger partial charge in [-0.25, -0.2) is 4.98 Å². The predicted molar refractivity (Wildman–Crippen MR) is 89.3 cm³/mol. The van der Waals surface area contributed by atoms with Crippen LogP contribution in [-0.4, -0.2) is 21.3 Å². The van der Waals surface area contributed by atoms with Gasteiger partial charge >= 0.3 is 0 Å². The summed E-state index contributed by atoms with van der Waals surface area (Å²) in [6, 6.07) is 5.97. The van der Waals surface area contributed by atoms with Crippen molar-refractivity contribution < 1.29 is 4.79 Å². The molecular weight excluding hydrogens is 296 g/mol. The second kappa shape index (κ2) is 5.28. The van der Waals surface area contributed by atoms with Gasteiger partial charge in [0.05, 0.1) is 11.0 Å². The summed E-state index contributed by atoms with van der Waals surface area (Å²) in [4.78, 5) is 18.5. The minimum atomic E-state index is 0.0134. The third-order valence-corrected chi connectivity index (χ3v) is 5.27. The molecule has 4 rings (SSSR count). The third kappa shape index (κ3) is 2.33. The van der Waals surface area contributed by atoms with Crippen LogP contribution in [0.1, 0.15) is 41.8 Å². The molecule has 0 spiro atoms. The molecule has 1 aliphatic carbocycles. The van der Waals surface area contributed by atoms with Gasteiger partial charge in [0, 0.05) is 17.9 Å². The van der Waals surface area contributed by atoms with Gasteiger partial charge in [0.15, 0.2) is 4.96 Å². The van der Waals surface area contributed by atoms with Gasteiger partial charge in [-0.3, -0.25) is 9.20 Å². The van der Waals surface area contributed by atoms with Gasteiger partial charge in [0.2, 0.25) is 0 Å². The van der Waals surface area contributed by atoms with E-state index in [1.807, 2.05) is 28.8 Å². The highest BCUT2D eigenvalue weighted by Gasteiger charge is 2.19. The summed E-state index contributed by atoms with van der Waals surface area (Å²) in [5.74, 6) is 0.0134. The van der Waals surface area contributed by atoms with Crippen LogP contribution >= 0.6 is 11.3 Å². The van der Waals surface area contributed by atoms with Gasteiger partial charge < -0.3 is 11.1 Å². The molecule has 114 valence electrons. The van der Waals surface area contributed by atoms with E-state index in [0.717, 1.165) is 28.8 Å². The van der Waals surface area contributed by atoms with Gasteiger partial charge in [-0.05, 0) is 31.0 Å². The maximum absolute atomic E-state index is 12.4. The molecule has 0 unspecified atom stereocenters. The summed E-state index contributed by atoms with van der Waals surface area (Å²) in [6.07, 6.45) is 7.76. The van der Waals surface area contributed by atoms with Crippen LogP contribution in [0.3, 0.4) is 0 Å². The molecule has 0 saturated heterocycles. The van der Waals surface area contributed by atoms with Crippen LogP contribution in [0.25, 0.3) is 16.0 Å². The van der Waals surface area contributed by atoms with Gasteiger partial charge in [-0.2, -0.15) is 0 Å². The molecule has 1 amide bonds. The van der Waals surface area contributed by atoms with E-state index < -0.39 is 0 Å². The Morgan fingerprint density at radius 2 is 2.14 bits per heavy atom. The first-order chi connectivity index (χ1) is 10.7. The second-order valence-corrected chi connectivity index (χ2v) is 6.93. The second-order valence-electron chi connectivity index (χ2n) is 5.92. The number of nitrogens with one attached hydrogen (secondary N) is 1. The standard InChI is InChI=1S/C16H18N4OS/c17-10-6-7-12-13(8-10)20-9-14(22-16(20)19-12)15(21)18-11-4-2-1-3-5-11/h6-9,11H,1-5,17H2,(H,18,21). The highest BCUT2D eigenvalue weighted by molar-refractivity contribution is 7.19. The van der Waals surface area contributed by atoms with Crippen LogP contribution in [0, 0.1) is 0 Å². The fraction of sp³-hybridized carbons (Fsp3) is 0.375. The molecule has 6 heteroatoms. The summed E-state index contributed by atoms with van der Waals surface area (Å²) in [5.41, 5.74) is 8.40. The van der Waals surface area contributed by atoms with E-state index in [-0.39, 0.29) is 5.91 Å². The lowest BCUT2D eigenvalue weighted by Gasteiger charge is -2.22. The van der Waals surface area contributed by atoms with Crippen LogP contribution in [0.4, 0.5) is 5.69 Å². The lowest BCUT2D eigenvalue weighted by molar-refractivity contribution is 0.0931. The van der Waals surface area contributed by atoms with Gasteiger partial charge in [0.1, 0.15) is 4.88 Å². The molecular formula is C16H18N4OS. The number of nitrogens with two attached hydrogens (primary N) is 1. The largest absolute Gasteiger partial charge is 0.399 e. The molecule has 3 N–H and O–H groups in total. The fourth-order valence-corrected chi connectivity index (χ4v) is 4.03. The van der Waals surface area contributed by atoms with E-state index in [9.17, 15) is 4.79 Å². The Kier molecular flexibility index (Phi) is 3.26. The van der Waals surface area contributed by atoms with Crippen molar-refractivity contribution in [1.82, 2.24) is 14.7 Å². The number of aromatic nitrogens is 2. The zero-order valence-corrected chi connectivity index (χ0v) is 13.0. The van der Waals surface area contributed by atoms with E-state index in [1.165, 1.54) is 30.6 Å². The van der Waals surface area contributed by atoms with Crippen LogP contribution in [0.15, 0.2) is 24.4 Å². The lowest BCUT2D eigenvalue weighted by atomic mass is 9.95. The Balaban J connectivity index is 1.64. The molecule has 3 aromatic rings. The smallest absolute Gasteiger partial charge is 0.263 e. The Labute approximate surface area is 132 Å². The number of anilines is 1. The molecule has 5 nitrogen and oxygen atoms in total. The van der Waals surface area contributed by atoms with Crippen molar-refractivity contribution in [2.75, 3.05) is 5.73 Å². The number of hydrogen-bond acceptors (Lipinski definition) is 4. The SMILES string of the molecule is Nc1ccc2nc3sc(C(=O)NC4CCCCC4)cn3c2c1. The molecule has 0 atom stereocenters. The summed E-state index contributed by atoms with van der Waals surface area (Å²) in [6.45, 7) is 0. The summed E-state index contributed by atoms with van der Waals surface area (Å²) in [5, 5.41) is 3.15. The average Bonchev–Trinajstić information content (AvgIpc) is 3.06. The first kappa shape index (κ1) is 13.6. The zero-order valence-electron chi connectivity index (χ0n) is 12.2. The van der Waals surface area contributed by atoms with Gasteiger partial charge in [-0.1, -0.05) is 30.6 Å². The third-order valence-electron chi connectivity index (χ3n) is 4.29. The number of nitrogens with zero attached hydrogens (tertiary/aromatic N) is 2. The fourth-order valence-electron chi connectivity index (χ4n) is 3.14. The minimum Gasteiger partial charge on any atom is -0.399 e. The number of carbonyl (C=O) groups excluding carboxylic acids is 1. The van der Waals surface area contributed by atoms with Crippen molar-refractivity contribution in [2.45, 2.75) is 38.1 Å². The highest BCUT2D eigenvalue weighted by atomic mass is 32.1.